The Labute approximate surface area is 171 Å². The maximum absolute atomic E-state index is 12.1. The summed E-state index contributed by atoms with van der Waals surface area (Å²) in [6.45, 7) is 3.97. The minimum atomic E-state index is -0.237. The van der Waals surface area contributed by atoms with E-state index in [2.05, 4.69) is 22.4 Å². The van der Waals surface area contributed by atoms with Crippen LogP contribution in [0.5, 0.6) is 11.5 Å². The summed E-state index contributed by atoms with van der Waals surface area (Å²) in [7, 11) is 1.57. The van der Waals surface area contributed by atoms with E-state index in [-0.39, 0.29) is 12.5 Å². The van der Waals surface area contributed by atoms with Crippen LogP contribution in [0.25, 0.3) is 0 Å². The van der Waals surface area contributed by atoms with Gasteiger partial charge in [-0.15, -0.1) is 0 Å². The van der Waals surface area contributed by atoms with E-state index in [1.165, 1.54) is 0 Å². The molecule has 0 aliphatic carbocycles. The highest BCUT2D eigenvalue weighted by Crippen LogP contribution is 2.28. The molecule has 0 aliphatic heterocycles. The minimum absolute atomic E-state index is 0.110. The van der Waals surface area contributed by atoms with E-state index in [1.807, 2.05) is 62.4 Å². The summed E-state index contributed by atoms with van der Waals surface area (Å²) >= 11 is 0. The second-order valence-corrected chi connectivity index (χ2v) is 6.66. The molecule has 29 heavy (non-hydrogen) atoms. The topological polar surface area (TPSA) is 59.9 Å². The first kappa shape index (κ1) is 20.1. The number of nitrogens with one attached hydrogen (secondary N) is 1. The van der Waals surface area contributed by atoms with E-state index in [9.17, 15) is 4.79 Å². The zero-order chi connectivity index (χ0) is 20.6. The molecule has 0 unspecified atom stereocenters. The molecule has 0 atom stereocenters. The van der Waals surface area contributed by atoms with Crippen molar-refractivity contribution >= 4 is 23.5 Å². The number of ether oxygens (including phenoxy) is 2. The number of hydrogen-bond acceptors (Lipinski definition) is 4. The predicted octanol–water partition coefficient (Wildman–Crippen LogP) is 5.08. The van der Waals surface area contributed by atoms with Crippen LogP contribution in [-0.4, -0.2) is 25.8 Å². The molecule has 0 saturated heterocycles. The number of para-hydroxylation sites is 1. The number of rotatable bonds is 7. The van der Waals surface area contributed by atoms with Gasteiger partial charge in [0.05, 0.1) is 12.8 Å². The van der Waals surface area contributed by atoms with Crippen LogP contribution in [-0.2, 0) is 4.79 Å². The molecule has 148 valence electrons. The molecule has 3 aromatic rings. The molecule has 0 heterocycles. The van der Waals surface area contributed by atoms with Gasteiger partial charge >= 0.3 is 0 Å². The molecule has 1 amide bonds. The average Bonchev–Trinajstić information content (AvgIpc) is 2.74. The SMILES string of the molecule is COc1cc(C=Nc2cc(C)ccc2C)ccc1OCC(=O)Nc1ccccc1. The molecule has 0 saturated carbocycles. The smallest absolute Gasteiger partial charge is 0.262 e. The van der Waals surface area contributed by atoms with Crippen LogP contribution in [0.15, 0.2) is 71.7 Å². The third-order valence-corrected chi connectivity index (χ3v) is 4.32. The molecule has 0 radical (unpaired) electrons. The van der Waals surface area contributed by atoms with E-state index in [4.69, 9.17) is 9.47 Å². The van der Waals surface area contributed by atoms with E-state index >= 15 is 0 Å². The number of benzene rings is 3. The fourth-order valence-electron chi connectivity index (χ4n) is 2.75. The fourth-order valence-corrected chi connectivity index (χ4v) is 2.75. The summed E-state index contributed by atoms with van der Waals surface area (Å²) in [4.78, 5) is 16.7. The number of carbonyl (C=O) groups is 1. The van der Waals surface area contributed by atoms with E-state index in [0.717, 1.165) is 28.1 Å². The first-order valence-electron chi connectivity index (χ1n) is 9.32. The van der Waals surface area contributed by atoms with Gasteiger partial charge in [-0.05, 0) is 66.9 Å². The normalized spacial score (nSPS) is 10.7. The van der Waals surface area contributed by atoms with Gasteiger partial charge in [-0.3, -0.25) is 9.79 Å². The highest BCUT2D eigenvalue weighted by atomic mass is 16.5. The van der Waals surface area contributed by atoms with Crippen LogP contribution in [0.1, 0.15) is 16.7 Å². The van der Waals surface area contributed by atoms with Gasteiger partial charge < -0.3 is 14.8 Å². The number of aliphatic imine (C=N–C) groups is 1. The second-order valence-electron chi connectivity index (χ2n) is 6.66. The molecule has 1 N–H and O–H groups in total. The Bertz CT molecular complexity index is 1010. The Morgan fingerprint density at radius 3 is 2.55 bits per heavy atom. The molecular formula is C24H24N2O3. The van der Waals surface area contributed by atoms with E-state index in [0.29, 0.717) is 11.5 Å². The van der Waals surface area contributed by atoms with Crippen LogP contribution < -0.4 is 14.8 Å². The quantitative estimate of drug-likeness (QED) is 0.574. The third kappa shape index (κ3) is 5.69. The van der Waals surface area contributed by atoms with Gasteiger partial charge in [-0.25, -0.2) is 0 Å². The lowest BCUT2D eigenvalue weighted by Gasteiger charge is -2.11. The maximum Gasteiger partial charge on any atom is 0.262 e. The van der Waals surface area contributed by atoms with Crippen molar-refractivity contribution in [2.75, 3.05) is 19.0 Å². The number of nitrogens with zero attached hydrogens (tertiary/aromatic N) is 1. The molecule has 0 spiro atoms. The van der Waals surface area contributed by atoms with Gasteiger partial charge in [0.2, 0.25) is 0 Å². The lowest BCUT2D eigenvalue weighted by Crippen LogP contribution is -2.20. The van der Waals surface area contributed by atoms with E-state index in [1.54, 1.807) is 19.4 Å². The lowest BCUT2D eigenvalue weighted by molar-refractivity contribution is -0.118. The molecule has 5 nitrogen and oxygen atoms in total. The van der Waals surface area contributed by atoms with Crippen LogP contribution >= 0.6 is 0 Å². The summed E-state index contributed by atoms with van der Waals surface area (Å²) in [6, 6.07) is 20.9. The zero-order valence-electron chi connectivity index (χ0n) is 16.8. The zero-order valence-corrected chi connectivity index (χ0v) is 16.8. The standard InChI is InChI=1S/C24H24N2O3/c1-17-9-10-18(2)21(13-17)25-15-19-11-12-22(23(14-19)28-3)29-16-24(27)26-20-7-5-4-6-8-20/h4-15H,16H2,1-3H3,(H,26,27). The molecule has 3 aromatic carbocycles. The highest BCUT2D eigenvalue weighted by Gasteiger charge is 2.09. The molecule has 0 aromatic heterocycles. The maximum atomic E-state index is 12.1. The average molecular weight is 388 g/mol. The Balaban J connectivity index is 1.66. The van der Waals surface area contributed by atoms with Gasteiger partial charge in [0, 0.05) is 11.9 Å². The molecular weight excluding hydrogens is 364 g/mol. The monoisotopic (exact) mass is 388 g/mol. The third-order valence-electron chi connectivity index (χ3n) is 4.32. The number of anilines is 1. The Morgan fingerprint density at radius 2 is 1.79 bits per heavy atom. The van der Waals surface area contributed by atoms with Crippen molar-refractivity contribution in [1.29, 1.82) is 0 Å². The van der Waals surface area contributed by atoms with Crippen molar-refractivity contribution in [2.24, 2.45) is 4.99 Å². The minimum Gasteiger partial charge on any atom is -0.493 e. The summed E-state index contributed by atoms with van der Waals surface area (Å²) in [5.41, 5.74) is 4.82. The van der Waals surface area contributed by atoms with Crippen LogP contribution in [0.2, 0.25) is 0 Å². The number of hydrogen-bond donors (Lipinski definition) is 1. The van der Waals surface area contributed by atoms with Gasteiger partial charge in [0.15, 0.2) is 18.1 Å². The molecule has 0 fully saturated rings. The summed E-state index contributed by atoms with van der Waals surface area (Å²) in [5.74, 6) is 0.806. The molecule has 0 aliphatic rings. The fraction of sp³-hybridized carbons (Fsp3) is 0.167. The van der Waals surface area contributed by atoms with Crippen molar-refractivity contribution < 1.29 is 14.3 Å². The van der Waals surface area contributed by atoms with Gasteiger partial charge in [-0.2, -0.15) is 0 Å². The first-order chi connectivity index (χ1) is 14.0. The summed E-state index contributed by atoms with van der Waals surface area (Å²) < 4.78 is 11.0. The Morgan fingerprint density at radius 1 is 1.00 bits per heavy atom. The van der Waals surface area contributed by atoms with Crippen molar-refractivity contribution in [1.82, 2.24) is 0 Å². The number of aryl methyl sites for hydroxylation is 2. The van der Waals surface area contributed by atoms with Crippen LogP contribution in [0, 0.1) is 13.8 Å². The van der Waals surface area contributed by atoms with Crippen LogP contribution in [0.4, 0.5) is 11.4 Å². The van der Waals surface area contributed by atoms with Crippen molar-refractivity contribution in [2.45, 2.75) is 13.8 Å². The molecule has 3 rings (SSSR count). The second kappa shape index (κ2) is 9.55. The first-order valence-corrected chi connectivity index (χ1v) is 9.32. The summed E-state index contributed by atoms with van der Waals surface area (Å²) in [6.07, 6.45) is 1.79. The van der Waals surface area contributed by atoms with Gasteiger partial charge in [0.1, 0.15) is 0 Å². The Hall–Kier alpha value is -3.60. The number of carbonyl (C=O) groups excluding carboxylic acids is 1. The number of methoxy groups -OCH3 is 1. The predicted molar refractivity (Wildman–Crippen MR) is 117 cm³/mol. The lowest BCUT2D eigenvalue weighted by atomic mass is 10.1. The summed E-state index contributed by atoms with van der Waals surface area (Å²) in [5, 5.41) is 2.78. The van der Waals surface area contributed by atoms with Crippen LogP contribution in [0.3, 0.4) is 0 Å². The van der Waals surface area contributed by atoms with Gasteiger partial charge in [0.25, 0.3) is 5.91 Å². The van der Waals surface area contributed by atoms with Crippen molar-refractivity contribution in [3.8, 4) is 11.5 Å². The Kier molecular flexibility index (Phi) is 6.63. The van der Waals surface area contributed by atoms with Crippen molar-refractivity contribution in [3.63, 3.8) is 0 Å². The molecule has 0 bridgehead atoms. The largest absolute Gasteiger partial charge is 0.493 e. The van der Waals surface area contributed by atoms with Crippen molar-refractivity contribution in [3.05, 3.63) is 83.4 Å². The molecule has 5 heteroatoms. The van der Waals surface area contributed by atoms with Gasteiger partial charge in [-0.1, -0.05) is 30.3 Å². The number of amides is 1. The van der Waals surface area contributed by atoms with E-state index < -0.39 is 0 Å². The highest BCUT2D eigenvalue weighted by molar-refractivity contribution is 5.92.